The van der Waals surface area contributed by atoms with Crippen molar-refractivity contribution in [2.45, 2.75) is 63.0 Å². The quantitative estimate of drug-likeness (QED) is 0.289. The van der Waals surface area contributed by atoms with Gasteiger partial charge in [-0.2, -0.15) is 18.2 Å². The van der Waals surface area contributed by atoms with E-state index in [4.69, 9.17) is 14.2 Å². The van der Waals surface area contributed by atoms with Gasteiger partial charge in [0.05, 0.1) is 25.6 Å². The van der Waals surface area contributed by atoms with E-state index >= 15 is 0 Å². The third-order valence-corrected chi connectivity index (χ3v) is 7.06. The second-order valence-corrected chi connectivity index (χ2v) is 10.3. The van der Waals surface area contributed by atoms with Crippen LogP contribution in [0.4, 0.5) is 38.5 Å². The predicted octanol–water partition coefficient (Wildman–Crippen LogP) is 4.85. The molecule has 2 aliphatic rings. The van der Waals surface area contributed by atoms with Gasteiger partial charge in [-0.25, -0.2) is 28.5 Å². The highest BCUT2D eigenvalue weighted by molar-refractivity contribution is 5.91. The minimum absolute atomic E-state index is 0.000551. The molecular weight excluding hydrogens is 593 g/mol. The van der Waals surface area contributed by atoms with Crippen LogP contribution in [0.25, 0.3) is 0 Å². The summed E-state index contributed by atoms with van der Waals surface area (Å²) in [7, 11) is 0. The highest BCUT2D eigenvalue weighted by atomic mass is 19.4. The van der Waals surface area contributed by atoms with Gasteiger partial charge in [0.2, 0.25) is 17.7 Å². The van der Waals surface area contributed by atoms with Crippen molar-refractivity contribution in [1.82, 2.24) is 25.3 Å². The molecule has 2 amide bonds. The minimum atomic E-state index is -4.68. The van der Waals surface area contributed by atoms with E-state index in [0.717, 1.165) is 5.56 Å². The molecule has 2 aromatic heterocycles. The second kappa shape index (κ2) is 14.0. The Morgan fingerprint density at radius 2 is 1.77 bits per heavy atom. The molecule has 236 valence electrons. The standard InChI is InChI=1S/C28H30F5N7O4/c29-22(30)16-43-24-13-34-23(12-35-24)40(27(41)37-10-17-4-2-1-3-5-17)19-8-6-18(7-9-19)38-26-36-11-21(28(31,32)33)25(39-26)44-20-14-42-15-20/h1-5,11-13,18-20,22H,6-10,14-16H2,(H,37,41)(H,36,38,39)/t18-,19-. The summed E-state index contributed by atoms with van der Waals surface area (Å²) in [6, 6.07) is 8.40. The highest BCUT2D eigenvalue weighted by Crippen LogP contribution is 2.36. The molecule has 0 unspecified atom stereocenters. The molecular formula is C28H30F5N7O4. The molecule has 0 atom stereocenters. The Kier molecular flexibility index (Phi) is 9.87. The first-order valence-corrected chi connectivity index (χ1v) is 13.9. The summed E-state index contributed by atoms with van der Waals surface area (Å²) in [5.41, 5.74) is -0.178. The third-order valence-electron chi connectivity index (χ3n) is 7.06. The Hall–Kier alpha value is -4.34. The van der Waals surface area contributed by atoms with Gasteiger partial charge in [0, 0.05) is 24.8 Å². The van der Waals surface area contributed by atoms with Crippen molar-refractivity contribution in [2.75, 3.05) is 30.0 Å². The Morgan fingerprint density at radius 1 is 1.02 bits per heavy atom. The first-order valence-electron chi connectivity index (χ1n) is 13.9. The fourth-order valence-corrected chi connectivity index (χ4v) is 4.79. The largest absolute Gasteiger partial charge is 0.470 e. The molecule has 44 heavy (non-hydrogen) atoms. The maximum atomic E-state index is 13.5. The van der Waals surface area contributed by atoms with Crippen LogP contribution in [0.1, 0.15) is 36.8 Å². The zero-order chi connectivity index (χ0) is 31.1. The van der Waals surface area contributed by atoms with E-state index in [0.29, 0.717) is 31.9 Å². The number of ether oxygens (including phenoxy) is 3. The number of hydrogen-bond acceptors (Lipinski definition) is 9. The number of halogens is 5. The lowest BCUT2D eigenvalue weighted by Crippen LogP contribution is -2.49. The van der Waals surface area contributed by atoms with Gasteiger partial charge >= 0.3 is 12.2 Å². The average Bonchev–Trinajstić information content (AvgIpc) is 2.98. The van der Waals surface area contributed by atoms with Crippen LogP contribution in [0.5, 0.6) is 11.8 Å². The molecule has 3 aromatic rings. The molecule has 1 aromatic carbocycles. The predicted molar refractivity (Wildman–Crippen MR) is 147 cm³/mol. The van der Waals surface area contributed by atoms with E-state index in [2.05, 4.69) is 30.6 Å². The lowest BCUT2D eigenvalue weighted by atomic mass is 9.90. The van der Waals surface area contributed by atoms with Crippen LogP contribution >= 0.6 is 0 Å². The summed E-state index contributed by atoms with van der Waals surface area (Å²) >= 11 is 0. The highest BCUT2D eigenvalue weighted by Gasteiger charge is 2.38. The lowest BCUT2D eigenvalue weighted by Gasteiger charge is -2.36. The zero-order valence-corrected chi connectivity index (χ0v) is 23.3. The summed E-state index contributed by atoms with van der Waals surface area (Å²) in [6.07, 6.45) is -2.63. The summed E-state index contributed by atoms with van der Waals surface area (Å²) in [6.45, 7) is -0.213. The zero-order valence-electron chi connectivity index (χ0n) is 23.3. The molecule has 0 bridgehead atoms. The van der Waals surface area contributed by atoms with Crippen LogP contribution in [-0.4, -0.2) is 70.4 Å². The molecule has 5 rings (SSSR count). The normalized spacial score (nSPS) is 18.8. The average molecular weight is 624 g/mol. The molecule has 1 saturated carbocycles. The molecule has 1 aliphatic heterocycles. The van der Waals surface area contributed by atoms with Crippen LogP contribution in [0.3, 0.4) is 0 Å². The Morgan fingerprint density at radius 3 is 2.39 bits per heavy atom. The number of hydrogen-bond donors (Lipinski definition) is 2. The van der Waals surface area contributed by atoms with Gasteiger partial charge in [0.1, 0.15) is 11.7 Å². The van der Waals surface area contributed by atoms with E-state index in [1.54, 1.807) is 0 Å². The topological polar surface area (TPSA) is 124 Å². The van der Waals surface area contributed by atoms with E-state index < -0.39 is 42.8 Å². The number of anilines is 2. The van der Waals surface area contributed by atoms with Crippen LogP contribution in [0, 0.1) is 0 Å². The van der Waals surface area contributed by atoms with Crippen molar-refractivity contribution in [2.24, 2.45) is 0 Å². The van der Waals surface area contributed by atoms with Crippen molar-refractivity contribution < 1.29 is 41.0 Å². The van der Waals surface area contributed by atoms with E-state index in [1.807, 2.05) is 30.3 Å². The van der Waals surface area contributed by atoms with Gasteiger partial charge in [-0.05, 0) is 31.2 Å². The van der Waals surface area contributed by atoms with Gasteiger partial charge < -0.3 is 24.8 Å². The molecule has 0 radical (unpaired) electrons. The number of rotatable bonds is 11. The van der Waals surface area contributed by atoms with E-state index in [1.165, 1.54) is 17.3 Å². The van der Waals surface area contributed by atoms with Crippen molar-refractivity contribution in [3.8, 4) is 11.8 Å². The number of alkyl halides is 5. The lowest BCUT2D eigenvalue weighted by molar-refractivity contribution is -0.142. The third kappa shape index (κ3) is 8.18. The van der Waals surface area contributed by atoms with E-state index in [9.17, 15) is 26.7 Å². The fourth-order valence-electron chi connectivity index (χ4n) is 4.79. The van der Waals surface area contributed by atoms with Crippen molar-refractivity contribution >= 4 is 17.8 Å². The Balaban J connectivity index is 1.26. The molecule has 0 spiro atoms. The molecule has 2 fully saturated rings. The summed E-state index contributed by atoms with van der Waals surface area (Å²) in [4.78, 5) is 31.0. The second-order valence-electron chi connectivity index (χ2n) is 10.3. The van der Waals surface area contributed by atoms with Crippen LogP contribution in [0.2, 0.25) is 0 Å². The summed E-state index contributed by atoms with van der Waals surface area (Å²) < 4.78 is 80.8. The monoisotopic (exact) mass is 623 g/mol. The number of nitrogens with zero attached hydrogens (tertiary/aromatic N) is 5. The smallest absolute Gasteiger partial charge is 0.423 e. The summed E-state index contributed by atoms with van der Waals surface area (Å²) in [5, 5.41) is 5.98. The SMILES string of the molecule is O=C(NCc1ccccc1)N(c1cnc(OCC(F)F)cn1)[C@H]1CC[C@H](Nc2ncc(C(F)(F)F)c(OC3COC3)n2)CC1. The molecule has 1 saturated heterocycles. The number of urea groups is 1. The van der Waals surface area contributed by atoms with E-state index in [-0.39, 0.29) is 49.5 Å². The van der Waals surface area contributed by atoms with Gasteiger partial charge in [-0.1, -0.05) is 30.3 Å². The fraction of sp³-hybridized carbons (Fsp3) is 0.464. The number of carbonyl (C=O) groups is 1. The first-order chi connectivity index (χ1) is 21.2. The molecule has 11 nitrogen and oxygen atoms in total. The maximum absolute atomic E-state index is 13.5. The van der Waals surface area contributed by atoms with Crippen molar-refractivity contribution in [3.63, 3.8) is 0 Å². The van der Waals surface area contributed by atoms with Crippen LogP contribution < -0.4 is 25.0 Å². The number of amides is 2. The molecule has 2 N–H and O–H groups in total. The van der Waals surface area contributed by atoms with Crippen LogP contribution in [0.15, 0.2) is 48.9 Å². The van der Waals surface area contributed by atoms with Crippen molar-refractivity contribution in [1.29, 1.82) is 0 Å². The van der Waals surface area contributed by atoms with Gasteiger partial charge in [0.15, 0.2) is 12.4 Å². The molecule has 3 heterocycles. The summed E-state index contributed by atoms with van der Waals surface area (Å²) in [5.74, 6) is -0.447. The molecule has 16 heteroatoms. The maximum Gasteiger partial charge on any atom is 0.423 e. The molecule has 1 aliphatic carbocycles. The van der Waals surface area contributed by atoms with Crippen LogP contribution in [-0.2, 0) is 17.5 Å². The Bertz CT molecular complexity index is 1370. The number of carbonyl (C=O) groups excluding carboxylic acids is 1. The number of nitrogens with one attached hydrogen (secondary N) is 2. The van der Waals surface area contributed by atoms with Crippen molar-refractivity contribution in [3.05, 3.63) is 60.0 Å². The number of aromatic nitrogens is 4. The van der Waals surface area contributed by atoms with Gasteiger partial charge in [-0.15, -0.1) is 0 Å². The first kappa shape index (κ1) is 31.1. The number of benzene rings is 1. The van der Waals surface area contributed by atoms with Gasteiger partial charge in [0.25, 0.3) is 6.43 Å². The minimum Gasteiger partial charge on any atom is -0.470 e. The van der Waals surface area contributed by atoms with Gasteiger partial charge in [-0.3, -0.25) is 4.90 Å². The Labute approximate surface area is 249 Å².